The lowest BCUT2D eigenvalue weighted by atomic mass is 9.98. The number of hydrogen-bond acceptors (Lipinski definition) is 4. The molecule has 0 aliphatic carbocycles. The van der Waals surface area contributed by atoms with Gasteiger partial charge in [-0.15, -0.1) is 0 Å². The number of aromatic carboxylic acids is 1. The third-order valence-corrected chi connectivity index (χ3v) is 7.80. The Morgan fingerprint density at radius 1 is 0.917 bits per heavy atom. The minimum Gasteiger partial charge on any atom is -0.496 e. The zero-order valence-corrected chi connectivity index (χ0v) is 21.3. The van der Waals surface area contributed by atoms with Crippen molar-refractivity contribution >= 4 is 26.8 Å². The number of benzene rings is 4. The molecule has 186 valence electrons. The number of nitrogens with zero attached hydrogens (tertiary/aromatic N) is 1. The monoisotopic (exact) mass is 503 g/mol. The van der Waals surface area contributed by atoms with Crippen LogP contribution in [0.15, 0.2) is 89.8 Å². The van der Waals surface area contributed by atoms with Gasteiger partial charge in [0.05, 0.1) is 17.6 Å². The second-order valence-corrected chi connectivity index (χ2v) is 11.1. The normalized spacial score (nSPS) is 11.8. The third-order valence-electron chi connectivity index (χ3n) is 5.97. The smallest absolute Gasteiger partial charge is 0.335 e. The van der Waals surface area contributed by atoms with E-state index in [2.05, 4.69) is 0 Å². The van der Waals surface area contributed by atoms with E-state index in [1.165, 1.54) is 4.31 Å². The van der Waals surface area contributed by atoms with Crippen molar-refractivity contribution in [1.29, 1.82) is 0 Å². The number of carboxylic acid groups (broad SMARTS) is 1. The fraction of sp³-hybridized carbons (Fsp3) is 0.207. The molecule has 0 amide bonds. The second-order valence-electron chi connectivity index (χ2n) is 9.12. The summed E-state index contributed by atoms with van der Waals surface area (Å²) in [5.41, 5.74) is 2.85. The van der Waals surface area contributed by atoms with E-state index in [1.54, 1.807) is 55.6 Å². The molecule has 6 nitrogen and oxygen atoms in total. The van der Waals surface area contributed by atoms with Crippen LogP contribution in [0, 0.1) is 5.92 Å². The third kappa shape index (κ3) is 5.42. The predicted molar refractivity (Wildman–Crippen MR) is 142 cm³/mol. The summed E-state index contributed by atoms with van der Waals surface area (Å²) in [6.45, 7) is 4.61. The lowest BCUT2D eigenvalue weighted by molar-refractivity contribution is 0.0697. The average Bonchev–Trinajstić information content (AvgIpc) is 2.87. The number of carboxylic acids is 1. The zero-order chi connectivity index (χ0) is 25.9. The Morgan fingerprint density at radius 3 is 2.28 bits per heavy atom. The zero-order valence-electron chi connectivity index (χ0n) is 20.5. The Morgan fingerprint density at radius 2 is 1.61 bits per heavy atom. The highest BCUT2D eigenvalue weighted by Crippen LogP contribution is 2.34. The van der Waals surface area contributed by atoms with Gasteiger partial charge in [0.15, 0.2) is 0 Å². The van der Waals surface area contributed by atoms with Gasteiger partial charge in [-0.2, -0.15) is 4.31 Å². The van der Waals surface area contributed by atoms with Crippen molar-refractivity contribution in [1.82, 2.24) is 4.31 Å². The fourth-order valence-electron chi connectivity index (χ4n) is 4.22. The molecule has 0 aliphatic heterocycles. The van der Waals surface area contributed by atoms with E-state index in [9.17, 15) is 18.3 Å². The maximum absolute atomic E-state index is 13.4. The minimum absolute atomic E-state index is 0.156. The van der Waals surface area contributed by atoms with E-state index in [0.717, 1.165) is 27.5 Å². The summed E-state index contributed by atoms with van der Waals surface area (Å²) < 4.78 is 33.9. The number of methoxy groups -OCH3 is 1. The molecule has 0 saturated carbocycles. The number of sulfonamides is 1. The van der Waals surface area contributed by atoms with E-state index in [0.29, 0.717) is 12.3 Å². The molecule has 36 heavy (non-hydrogen) atoms. The first kappa shape index (κ1) is 25.4. The van der Waals surface area contributed by atoms with E-state index >= 15 is 0 Å². The quantitative estimate of drug-likeness (QED) is 0.300. The van der Waals surface area contributed by atoms with Crippen LogP contribution < -0.4 is 4.74 Å². The second kappa shape index (κ2) is 10.5. The van der Waals surface area contributed by atoms with E-state index < -0.39 is 16.0 Å². The predicted octanol–water partition coefficient (Wildman–Crippen LogP) is 6.06. The molecule has 0 unspecified atom stereocenters. The van der Waals surface area contributed by atoms with E-state index in [4.69, 9.17) is 4.74 Å². The maximum atomic E-state index is 13.4. The molecule has 0 fully saturated rings. The summed E-state index contributed by atoms with van der Waals surface area (Å²) >= 11 is 0. The van der Waals surface area contributed by atoms with Gasteiger partial charge in [-0.25, -0.2) is 13.2 Å². The molecule has 4 rings (SSSR count). The van der Waals surface area contributed by atoms with Gasteiger partial charge in [0.1, 0.15) is 5.75 Å². The van der Waals surface area contributed by atoms with Crippen LogP contribution in [-0.4, -0.2) is 37.5 Å². The first-order chi connectivity index (χ1) is 17.2. The lowest BCUT2D eigenvalue weighted by Gasteiger charge is -2.24. The van der Waals surface area contributed by atoms with Gasteiger partial charge >= 0.3 is 5.97 Å². The van der Waals surface area contributed by atoms with Crippen LogP contribution in [0.2, 0.25) is 0 Å². The van der Waals surface area contributed by atoms with Crippen molar-refractivity contribution in [3.63, 3.8) is 0 Å². The Balaban J connectivity index is 1.67. The minimum atomic E-state index is -3.66. The molecule has 0 spiro atoms. The molecule has 0 bridgehead atoms. The summed E-state index contributed by atoms with van der Waals surface area (Å²) in [4.78, 5) is 11.5. The molecule has 1 N–H and O–H groups in total. The van der Waals surface area contributed by atoms with Crippen LogP contribution >= 0.6 is 0 Å². The fourth-order valence-corrected chi connectivity index (χ4v) is 5.83. The molecule has 0 aromatic heterocycles. The van der Waals surface area contributed by atoms with Gasteiger partial charge < -0.3 is 9.84 Å². The Hall–Kier alpha value is -3.68. The molecular formula is C29H29NO5S. The van der Waals surface area contributed by atoms with Crippen molar-refractivity contribution < 1.29 is 23.1 Å². The molecule has 4 aromatic carbocycles. The molecule has 4 aromatic rings. The van der Waals surface area contributed by atoms with Gasteiger partial charge in [0.25, 0.3) is 0 Å². The average molecular weight is 504 g/mol. The molecule has 0 heterocycles. The highest BCUT2D eigenvalue weighted by atomic mass is 32.2. The summed E-state index contributed by atoms with van der Waals surface area (Å²) in [5, 5.41) is 11.0. The number of ether oxygens (including phenoxy) is 1. The number of rotatable bonds is 9. The molecule has 0 radical (unpaired) electrons. The van der Waals surface area contributed by atoms with Crippen LogP contribution in [0.25, 0.3) is 21.9 Å². The van der Waals surface area contributed by atoms with Crippen molar-refractivity contribution in [3.05, 3.63) is 96.1 Å². The van der Waals surface area contributed by atoms with Gasteiger partial charge in [-0.05, 0) is 64.2 Å². The van der Waals surface area contributed by atoms with E-state index in [-0.39, 0.29) is 22.9 Å². The Labute approximate surface area is 211 Å². The van der Waals surface area contributed by atoms with E-state index in [1.807, 2.05) is 50.2 Å². The van der Waals surface area contributed by atoms with Crippen molar-refractivity contribution in [2.75, 3.05) is 13.7 Å². The van der Waals surface area contributed by atoms with Crippen LogP contribution in [0.1, 0.15) is 29.8 Å². The lowest BCUT2D eigenvalue weighted by Crippen LogP contribution is -2.33. The maximum Gasteiger partial charge on any atom is 0.335 e. The van der Waals surface area contributed by atoms with Crippen molar-refractivity contribution in [2.24, 2.45) is 5.92 Å². The van der Waals surface area contributed by atoms with Gasteiger partial charge in [0, 0.05) is 18.7 Å². The van der Waals surface area contributed by atoms with Crippen molar-refractivity contribution in [3.8, 4) is 16.9 Å². The summed E-state index contributed by atoms with van der Waals surface area (Å²) in [6.07, 6.45) is 0. The summed E-state index contributed by atoms with van der Waals surface area (Å²) in [7, 11) is -2.07. The summed E-state index contributed by atoms with van der Waals surface area (Å²) in [6, 6.07) is 25.1. The van der Waals surface area contributed by atoms with Gasteiger partial charge in [-0.3, -0.25) is 0 Å². The standard InChI is InChI=1S/C29H29NO5S/c1-20(2)18-30(36(33,34)26-7-5-4-6-8-26)19-21-9-14-27(28(15-21)35-3)24-12-10-23-17-25(29(31)32)13-11-22(23)16-24/h4-17,20H,18-19H2,1-3H3,(H,31,32). The Kier molecular flexibility index (Phi) is 7.43. The topological polar surface area (TPSA) is 83.9 Å². The number of carbonyl (C=O) groups is 1. The highest BCUT2D eigenvalue weighted by molar-refractivity contribution is 7.89. The number of hydrogen-bond donors (Lipinski definition) is 1. The number of fused-ring (bicyclic) bond motifs is 1. The van der Waals surface area contributed by atoms with Gasteiger partial charge in [-0.1, -0.05) is 62.4 Å². The SMILES string of the molecule is COc1cc(CN(CC(C)C)S(=O)(=O)c2ccccc2)ccc1-c1ccc2cc(C(=O)O)ccc2c1. The highest BCUT2D eigenvalue weighted by Gasteiger charge is 2.25. The van der Waals surface area contributed by atoms with Crippen LogP contribution in [0.4, 0.5) is 0 Å². The molecular weight excluding hydrogens is 474 g/mol. The molecule has 0 saturated heterocycles. The van der Waals surface area contributed by atoms with Crippen LogP contribution in [0.3, 0.4) is 0 Å². The van der Waals surface area contributed by atoms with Crippen LogP contribution in [0.5, 0.6) is 5.75 Å². The Bertz CT molecular complexity index is 1500. The van der Waals surface area contributed by atoms with Crippen LogP contribution in [-0.2, 0) is 16.6 Å². The molecule has 0 atom stereocenters. The molecule has 7 heteroatoms. The first-order valence-electron chi connectivity index (χ1n) is 11.7. The van der Waals surface area contributed by atoms with Crippen molar-refractivity contribution in [2.45, 2.75) is 25.3 Å². The largest absolute Gasteiger partial charge is 0.496 e. The molecule has 0 aliphatic rings. The summed E-state index contributed by atoms with van der Waals surface area (Å²) in [5.74, 6) is -0.168. The van der Waals surface area contributed by atoms with Gasteiger partial charge in [0.2, 0.25) is 10.0 Å². The first-order valence-corrected chi connectivity index (χ1v) is 13.1.